The van der Waals surface area contributed by atoms with Crippen molar-refractivity contribution in [2.45, 2.75) is 0 Å². The summed E-state index contributed by atoms with van der Waals surface area (Å²) in [6.45, 7) is 0. The number of halogens is 3. The molecule has 0 radical (unpaired) electrons. The molecule has 114 valence electrons. The first-order valence-electron chi connectivity index (χ1n) is 6.13. The molecule has 0 saturated carbocycles. The first-order valence-corrected chi connectivity index (χ1v) is 7.26. The van der Waals surface area contributed by atoms with Gasteiger partial charge in [0.2, 0.25) is 0 Å². The normalized spacial score (nSPS) is 10.7. The summed E-state index contributed by atoms with van der Waals surface area (Å²) in [4.78, 5) is 11.9. The molecule has 1 N–H and O–H groups in total. The van der Waals surface area contributed by atoms with E-state index >= 15 is 0 Å². The highest BCUT2D eigenvalue weighted by Gasteiger charge is 2.07. The Morgan fingerprint density at radius 3 is 2.50 bits per heavy atom. The molecule has 0 aliphatic rings. The maximum Gasteiger partial charge on any atom is 0.271 e. The van der Waals surface area contributed by atoms with E-state index in [0.29, 0.717) is 26.4 Å². The number of nitrogens with one attached hydrogen (secondary N) is 1. The Morgan fingerprint density at radius 2 is 1.86 bits per heavy atom. The number of carbonyl (C=O) groups excluding carboxylic acids is 1. The lowest BCUT2D eigenvalue weighted by Gasteiger charge is -2.03. The topological polar surface area (TPSA) is 50.7 Å². The van der Waals surface area contributed by atoms with Crippen LogP contribution in [-0.2, 0) is 0 Å². The molecule has 0 heterocycles. The first-order chi connectivity index (χ1) is 10.5. The number of hydrogen-bond acceptors (Lipinski definition) is 3. The third kappa shape index (κ3) is 4.13. The first kappa shape index (κ1) is 16.6. The van der Waals surface area contributed by atoms with Crippen molar-refractivity contribution in [3.05, 3.63) is 62.6 Å². The van der Waals surface area contributed by atoms with Crippen molar-refractivity contribution in [1.82, 2.24) is 5.43 Å². The molecule has 0 unspecified atom stereocenters. The van der Waals surface area contributed by atoms with Gasteiger partial charge in [-0.1, -0.05) is 34.8 Å². The summed E-state index contributed by atoms with van der Waals surface area (Å²) in [6, 6.07) is 9.73. The minimum atomic E-state index is -0.394. The van der Waals surface area contributed by atoms with E-state index in [9.17, 15) is 4.79 Å². The van der Waals surface area contributed by atoms with E-state index in [-0.39, 0.29) is 0 Å². The van der Waals surface area contributed by atoms with E-state index in [0.717, 1.165) is 5.56 Å². The summed E-state index contributed by atoms with van der Waals surface area (Å²) in [5, 5.41) is 5.02. The predicted octanol–water partition coefficient (Wildman–Crippen LogP) is 4.42. The van der Waals surface area contributed by atoms with Gasteiger partial charge in [0.25, 0.3) is 5.91 Å². The number of ether oxygens (including phenoxy) is 1. The van der Waals surface area contributed by atoms with Crippen LogP contribution < -0.4 is 10.2 Å². The van der Waals surface area contributed by atoms with E-state index < -0.39 is 5.91 Å². The average Bonchev–Trinajstić information content (AvgIpc) is 2.50. The van der Waals surface area contributed by atoms with Crippen molar-refractivity contribution in [2.75, 3.05) is 7.11 Å². The number of hydrogen-bond donors (Lipinski definition) is 1. The molecule has 0 bridgehead atoms. The molecule has 0 atom stereocenters. The van der Waals surface area contributed by atoms with Gasteiger partial charge in [0, 0.05) is 5.56 Å². The van der Waals surface area contributed by atoms with Gasteiger partial charge in [-0.3, -0.25) is 4.79 Å². The monoisotopic (exact) mass is 356 g/mol. The quantitative estimate of drug-likeness (QED) is 0.650. The second-order valence-corrected chi connectivity index (χ2v) is 5.44. The van der Waals surface area contributed by atoms with Gasteiger partial charge in [-0.15, -0.1) is 0 Å². The van der Waals surface area contributed by atoms with Crippen molar-refractivity contribution in [3.63, 3.8) is 0 Å². The zero-order chi connectivity index (χ0) is 16.1. The van der Waals surface area contributed by atoms with Gasteiger partial charge >= 0.3 is 0 Å². The number of nitrogens with zero attached hydrogens (tertiary/aromatic N) is 1. The second kappa shape index (κ2) is 7.49. The maximum atomic E-state index is 11.9. The Hall–Kier alpha value is -1.75. The van der Waals surface area contributed by atoms with E-state index in [1.54, 1.807) is 30.3 Å². The lowest BCUT2D eigenvalue weighted by atomic mass is 10.2. The molecule has 0 spiro atoms. The number of amides is 1. The Morgan fingerprint density at radius 1 is 1.09 bits per heavy atom. The summed E-state index contributed by atoms with van der Waals surface area (Å²) in [5.74, 6) is 0.174. The van der Waals surface area contributed by atoms with Crippen molar-refractivity contribution in [1.29, 1.82) is 0 Å². The molecule has 1 amide bonds. The van der Waals surface area contributed by atoms with Crippen molar-refractivity contribution in [3.8, 4) is 5.75 Å². The fourth-order valence-corrected chi connectivity index (χ4v) is 2.19. The van der Waals surface area contributed by atoms with Crippen LogP contribution >= 0.6 is 34.8 Å². The predicted molar refractivity (Wildman–Crippen MR) is 89.5 cm³/mol. The van der Waals surface area contributed by atoms with E-state index in [4.69, 9.17) is 39.5 Å². The van der Waals surface area contributed by atoms with Gasteiger partial charge in [0.1, 0.15) is 5.75 Å². The van der Waals surface area contributed by atoms with Crippen LogP contribution in [0.2, 0.25) is 15.1 Å². The highest BCUT2D eigenvalue weighted by atomic mass is 35.5. The Labute approximate surface area is 142 Å². The Balaban J connectivity index is 2.04. The summed E-state index contributed by atoms with van der Waals surface area (Å²) < 4.78 is 5.05. The number of carbonyl (C=O) groups is 1. The molecule has 0 aliphatic heterocycles. The smallest absolute Gasteiger partial charge is 0.271 e. The highest BCUT2D eigenvalue weighted by Crippen LogP contribution is 2.24. The van der Waals surface area contributed by atoms with Crippen LogP contribution in [0.1, 0.15) is 15.9 Å². The summed E-state index contributed by atoms with van der Waals surface area (Å²) in [5.41, 5.74) is 3.48. The van der Waals surface area contributed by atoms with Crippen LogP contribution in [0.3, 0.4) is 0 Å². The zero-order valence-electron chi connectivity index (χ0n) is 11.4. The Kier molecular flexibility index (Phi) is 5.66. The molecule has 0 saturated heterocycles. The van der Waals surface area contributed by atoms with Crippen molar-refractivity contribution in [2.24, 2.45) is 5.10 Å². The minimum Gasteiger partial charge on any atom is -0.495 e. The van der Waals surface area contributed by atoms with E-state index in [2.05, 4.69) is 10.5 Å². The molecule has 2 aromatic carbocycles. The maximum absolute atomic E-state index is 11.9. The lowest BCUT2D eigenvalue weighted by Crippen LogP contribution is -2.17. The third-order valence-electron chi connectivity index (χ3n) is 2.74. The average molecular weight is 358 g/mol. The molecule has 0 aliphatic carbocycles. The van der Waals surface area contributed by atoms with Gasteiger partial charge in [0.15, 0.2) is 0 Å². The Bertz CT molecular complexity index is 733. The van der Waals surface area contributed by atoms with Gasteiger partial charge in [-0.2, -0.15) is 5.10 Å². The number of benzene rings is 2. The SMILES string of the molecule is COc1ccc(/C=N/NC(=O)c2ccc(Cl)c(Cl)c2)cc1Cl. The third-order valence-corrected chi connectivity index (χ3v) is 3.77. The van der Waals surface area contributed by atoms with Crippen LogP contribution in [0.25, 0.3) is 0 Å². The van der Waals surface area contributed by atoms with Crippen molar-refractivity contribution < 1.29 is 9.53 Å². The van der Waals surface area contributed by atoms with Crippen LogP contribution in [0, 0.1) is 0 Å². The summed E-state index contributed by atoms with van der Waals surface area (Å²) in [6.07, 6.45) is 1.47. The van der Waals surface area contributed by atoms with Gasteiger partial charge in [-0.05, 0) is 42.0 Å². The molecule has 0 aromatic heterocycles. The molecule has 4 nitrogen and oxygen atoms in total. The van der Waals surface area contributed by atoms with E-state index in [1.807, 2.05) is 0 Å². The van der Waals surface area contributed by atoms with E-state index in [1.165, 1.54) is 19.4 Å². The molecule has 7 heteroatoms. The number of hydrazone groups is 1. The largest absolute Gasteiger partial charge is 0.495 e. The lowest BCUT2D eigenvalue weighted by molar-refractivity contribution is 0.0955. The minimum absolute atomic E-state index is 0.306. The summed E-state index contributed by atoms with van der Waals surface area (Å²) in [7, 11) is 1.53. The summed E-state index contributed by atoms with van der Waals surface area (Å²) >= 11 is 17.6. The van der Waals surface area contributed by atoms with Gasteiger partial charge in [-0.25, -0.2) is 5.43 Å². The molecule has 2 rings (SSSR count). The number of rotatable bonds is 4. The standard InChI is InChI=1S/C15H11Cl3N2O2/c1-22-14-5-2-9(6-13(14)18)8-19-20-15(21)10-3-4-11(16)12(17)7-10/h2-8H,1H3,(H,20,21)/b19-8+. The van der Waals surface area contributed by atoms with Crippen LogP contribution in [0.4, 0.5) is 0 Å². The molecular weight excluding hydrogens is 347 g/mol. The fourth-order valence-electron chi connectivity index (χ4n) is 1.63. The fraction of sp³-hybridized carbons (Fsp3) is 0.0667. The number of methoxy groups -OCH3 is 1. The van der Waals surface area contributed by atoms with Crippen LogP contribution in [-0.4, -0.2) is 19.2 Å². The van der Waals surface area contributed by atoms with Gasteiger partial charge in [0.05, 0.1) is 28.4 Å². The molecule has 22 heavy (non-hydrogen) atoms. The van der Waals surface area contributed by atoms with Crippen molar-refractivity contribution >= 4 is 46.9 Å². The molecule has 0 fully saturated rings. The zero-order valence-corrected chi connectivity index (χ0v) is 13.7. The molecule has 2 aromatic rings. The second-order valence-electron chi connectivity index (χ2n) is 4.22. The van der Waals surface area contributed by atoms with Crippen LogP contribution in [0.5, 0.6) is 5.75 Å². The highest BCUT2D eigenvalue weighted by molar-refractivity contribution is 6.42. The molecular formula is C15H11Cl3N2O2. The van der Waals surface area contributed by atoms with Gasteiger partial charge < -0.3 is 4.74 Å². The van der Waals surface area contributed by atoms with Crippen LogP contribution in [0.15, 0.2) is 41.5 Å².